The topological polar surface area (TPSA) is 48.4 Å². The second kappa shape index (κ2) is 10.5. The van der Waals surface area contributed by atoms with Crippen LogP contribution >= 0.6 is 0 Å². The van der Waals surface area contributed by atoms with E-state index >= 15 is 4.39 Å². The van der Waals surface area contributed by atoms with Crippen LogP contribution in [0.1, 0.15) is 87.5 Å². The maximum Gasteiger partial charge on any atom is 0.213 e. The second-order valence-electron chi connectivity index (χ2n) is 12.0. The van der Waals surface area contributed by atoms with Crippen LogP contribution in [0.2, 0.25) is 0 Å². The van der Waals surface area contributed by atoms with E-state index in [-0.39, 0.29) is 16.6 Å². The third-order valence-corrected chi connectivity index (χ3v) is 8.92. The molecule has 2 aliphatic rings. The molecule has 3 aromatic rings. The molecule has 0 aliphatic heterocycles. The molecule has 2 aromatic carbocycles. The summed E-state index contributed by atoms with van der Waals surface area (Å²) in [6.07, 6.45) is 9.36. The van der Waals surface area contributed by atoms with Gasteiger partial charge in [0.1, 0.15) is 24.5 Å². The largest absolute Gasteiger partial charge is 0.489 e. The lowest BCUT2D eigenvalue weighted by Gasteiger charge is -2.35. The Morgan fingerprint density at radius 1 is 1.05 bits per heavy atom. The highest BCUT2D eigenvalue weighted by Gasteiger charge is 2.37. The van der Waals surface area contributed by atoms with Crippen LogP contribution in [0.25, 0.3) is 11.1 Å². The number of benzene rings is 2. The summed E-state index contributed by atoms with van der Waals surface area (Å²) < 4.78 is 26.6. The van der Waals surface area contributed by atoms with E-state index in [1.165, 1.54) is 17.3 Å². The van der Waals surface area contributed by atoms with E-state index < -0.39 is 0 Å². The molecule has 5 heteroatoms. The first kappa shape index (κ1) is 26.4. The van der Waals surface area contributed by atoms with Gasteiger partial charge in [0, 0.05) is 18.1 Å². The number of carbonyl (C=O) groups is 1. The molecule has 0 radical (unpaired) electrons. The highest BCUT2D eigenvalue weighted by Crippen LogP contribution is 2.51. The first-order valence-corrected chi connectivity index (χ1v) is 13.8. The standard InChI is InChI=1S/C33H38FNO3/c1-32(2)13-6-8-28(32)26-17-22(9-12-25(26)27-19-31(37-4)35-20-30(27)34)21-38-24-11-10-23-7-5-14-33(3,15-16-36)29(23)18-24/h9-12,16-20,28H,5-8,13-15,21H2,1-4H3/t28?,33-/m1/s1. The number of fused-ring (bicyclic) bond motifs is 1. The molecular formula is C33H38FNO3. The van der Waals surface area contributed by atoms with Gasteiger partial charge in [-0.3, -0.25) is 0 Å². The zero-order valence-corrected chi connectivity index (χ0v) is 23.0. The van der Waals surface area contributed by atoms with E-state index in [1.807, 2.05) is 18.2 Å². The van der Waals surface area contributed by atoms with Gasteiger partial charge in [-0.2, -0.15) is 0 Å². The highest BCUT2D eigenvalue weighted by molar-refractivity contribution is 5.70. The number of pyridine rings is 1. The van der Waals surface area contributed by atoms with Crippen molar-refractivity contribution in [2.75, 3.05) is 7.11 Å². The van der Waals surface area contributed by atoms with Crippen molar-refractivity contribution in [2.24, 2.45) is 5.41 Å². The van der Waals surface area contributed by atoms with Gasteiger partial charge in [-0.15, -0.1) is 0 Å². The van der Waals surface area contributed by atoms with E-state index in [0.717, 1.165) is 67.3 Å². The smallest absolute Gasteiger partial charge is 0.213 e. The van der Waals surface area contributed by atoms with Gasteiger partial charge in [0.25, 0.3) is 0 Å². The number of aldehydes is 1. The molecule has 0 spiro atoms. The molecule has 0 bridgehead atoms. The van der Waals surface area contributed by atoms with Gasteiger partial charge in [0.15, 0.2) is 0 Å². The number of nitrogens with zero attached hydrogens (tertiary/aromatic N) is 1. The van der Waals surface area contributed by atoms with Gasteiger partial charge in [-0.05, 0) is 88.8 Å². The molecule has 38 heavy (non-hydrogen) atoms. The highest BCUT2D eigenvalue weighted by atomic mass is 19.1. The Bertz CT molecular complexity index is 1330. The Hall–Kier alpha value is -3.21. The molecule has 0 amide bonds. The minimum atomic E-state index is -0.348. The molecule has 2 atom stereocenters. The third-order valence-electron chi connectivity index (χ3n) is 8.92. The van der Waals surface area contributed by atoms with Gasteiger partial charge in [0.2, 0.25) is 5.88 Å². The minimum absolute atomic E-state index is 0.128. The molecule has 1 fully saturated rings. The van der Waals surface area contributed by atoms with Crippen molar-refractivity contribution in [3.63, 3.8) is 0 Å². The Labute approximate surface area is 225 Å². The first-order chi connectivity index (χ1) is 18.2. The van der Waals surface area contributed by atoms with Crippen LogP contribution in [0.15, 0.2) is 48.7 Å². The summed E-state index contributed by atoms with van der Waals surface area (Å²) in [7, 11) is 1.55. The van der Waals surface area contributed by atoms with Crippen LogP contribution in [-0.4, -0.2) is 18.4 Å². The quantitative estimate of drug-likeness (QED) is 0.286. The van der Waals surface area contributed by atoms with E-state index in [1.54, 1.807) is 13.2 Å². The molecule has 4 nitrogen and oxygen atoms in total. The number of halogens is 1. The molecule has 0 N–H and O–H groups in total. The SMILES string of the molecule is COc1cc(-c2ccc(COc3ccc4c(c3)[C@@](C)(CC=O)CCC4)cc2C2CCCC2(C)C)c(F)cn1. The maximum absolute atomic E-state index is 15.0. The van der Waals surface area contributed by atoms with Crippen molar-refractivity contribution in [1.82, 2.24) is 4.98 Å². The van der Waals surface area contributed by atoms with Gasteiger partial charge in [-0.1, -0.05) is 51.5 Å². The fraction of sp³-hybridized carbons (Fsp3) is 0.455. The normalized spacial score (nSPS) is 22.1. The van der Waals surface area contributed by atoms with Crippen LogP contribution in [0, 0.1) is 11.2 Å². The summed E-state index contributed by atoms with van der Waals surface area (Å²) in [4.78, 5) is 15.4. The van der Waals surface area contributed by atoms with Crippen molar-refractivity contribution in [1.29, 1.82) is 0 Å². The predicted octanol–water partition coefficient (Wildman–Crippen LogP) is 7.95. The summed E-state index contributed by atoms with van der Waals surface area (Å²) in [6, 6.07) is 14.3. The molecule has 0 saturated heterocycles. The second-order valence-corrected chi connectivity index (χ2v) is 12.0. The average molecular weight is 516 g/mol. The van der Waals surface area contributed by atoms with Crippen molar-refractivity contribution in [3.05, 3.63) is 76.7 Å². The average Bonchev–Trinajstić information content (AvgIpc) is 3.27. The summed E-state index contributed by atoms with van der Waals surface area (Å²) in [6.45, 7) is 7.23. The summed E-state index contributed by atoms with van der Waals surface area (Å²) in [5.41, 5.74) is 6.18. The number of methoxy groups -OCH3 is 1. The number of aromatic nitrogens is 1. The summed E-state index contributed by atoms with van der Waals surface area (Å²) in [5.74, 6) is 1.20. The van der Waals surface area contributed by atoms with Crippen LogP contribution in [0.5, 0.6) is 11.6 Å². The monoisotopic (exact) mass is 515 g/mol. The lowest BCUT2D eigenvalue weighted by atomic mass is 9.69. The number of rotatable bonds is 8. The number of hydrogen-bond donors (Lipinski definition) is 0. The fourth-order valence-corrected chi connectivity index (χ4v) is 6.67. The van der Waals surface area contributed by atoms with E-state index in [2.05, 4.69) is 44.0 Å². The van der Waals surface area contributed by atoms with Gasteiger partial charge < -0.3 is 14.3 Å². The van der Waals surface area contributed by atoms with Crippen LogP contribution in [0.3, 0.4) is 0 Å². The molecular weight excluding hydrogens is 477 g/mol. The lowest BCUT2D eigenvalue weighted by Crippen LogP contribution is -2.28. The van der Waals surface area contributed by atoms with Gasteiger partial charge in [0.05, 0.1) is 13.3 Å². The Morgan fingerprint density at radius 2 is 1.89 bits per heavy atom. The number of aryl methyl sites for hydroxylation is 1. The Morgan fingerprint density at radius 3 is 2.63 bits per heavy atom. The van der Waals surface area contributed by atoms with Crippen molar-refractivity contribution in [2.45, 2.75) is 83.7 Å². The lowest BCUT2D eigenvalue weighted by molar-refractivity contribution is -0.108. The third kappa shape index (κ3) is 5.08. The Balaban J connectivity index is 1.47. The fourth-order valence-electron chi connectivity index (χ4n) is 6.67. The van der Waals surface area contributed by atoms with Gasteiger partial charge >= 0.3 is 0 Å². The number of carbonyl (C=O) groups excluding carboxylic acids is 1. The molecule has 1 unspecified atom stereocenters. The number of hydrogen-bond acceptors (Lipinski definition) is 4. The maximum atomic E-state index is 15.0. The molecule has 5 rings (SSSR count). The van der Waals surface area contributed by atoms with Crippen molar-refractivity contribution < 1.29 is 18.7 Å². The van der Waals surface area contributed by atoms with Crippen LogP contribution < -0.4 is 9.47 Å². The van der Waals surface area contributed by atoms with Crippen LogP contribution in [-0.2, 0) is 23.2 Å². The Kier molecular flexibility index (Phi) is 7.30. The molecule has 1 heterocycles. The molecule has 1 aromatic heterocycles. The molecule has 2 aliphatic carbocycles. The van der Waals surface area contributed by atoms with Crippen LogP contribution in [0.4, 0.5) is 4.39 Å². The summed E-state index contributed by atoms with van der Waals surface area (Å²) >= 11 is 0. The van der Waals surface area contributed by atoms with E-state index in [9.17, 15) is 4.79 Å². The van der Waals surface area contributed by atoms with Crippen molar-refractivity contribution >= 4 is 6.29 Å². The number of ether oxygens (including phenoxy) is 2. The molecule has 200 valence electrons. The summed E-state index contributed by atoms with van der Waals surface area (Å²) in [5, 5.41) is 0. The molecule has 1 saturated carbocycles. The zero-order chi connectivity index (χ0) is 26.9. The predicted molar refractivity (Wildman–Crippen MR) is 148 cm³/mol. The van der Waals surface area contributed by atoms with E-state index in [0.29, 0.717) is 30.4 Å². The first-order valence-electron chi connectivity index (χ1n) is 13.8. The van der Waals surface area contributed by atoms with Crippen molar-refractivity contribution in [3.8, 4) is 22.8 Å². The zero-order valence-electron chi connectivity index (χ0n) is 23.0. The minimum Gasteiger partial charge on any atom is -0.489 e. The van der Waals surface area contributed by atoms with E-state index in [4.69, 9.17) is 9.47 Å². The van der Waals surface area contributed by atoms with Gasteiger partial charge in [-0.25, -0.2) is 9.37 Å².